The smallest absolute Gasteiger partial charge is 0.261 e. The summed E-state index contributed by atoms with van der Waals surface area (Å²) >= 11 is 3.29. The molecule has 3 amide bonds. The molecule has 27 heavy (non-hydrogen) atoms. The zero-order valence-electron chi connectivity index (χ0n) is 14.7. The van der Waals surface area contributed by atoms with Crippen molar-refractivity contribution in [1.29, 1.82) is 0 Å². The Morgan fingerprint density at radius 3 is 2.56 bits per heavy atom. The second kappa shape index (κ2) is 8.00. The fraction of sp³-hybridized carbons (Fsp3) is 0.250. The van der Waals surface area contributed by atoms with Crippen LogP contribution in [-0.2, 0) is 11.3 Å². The SMILES string of the molecule is CN(Cc1ccccc1F)C(=O)CCCN1C(=O)c2ccc(Br)cc2C1=O. The summed E-state index contributed by atoms with van der Waals surface area (Å²) in [6.45, 7) is 0.343. The van der Waals surface area contributed by atoms with Gasteiger partial charge in [-0.25, -0.2) is 4.39 Å². The van der Waals surface area contributed by atoms with E-state index in [-0.39, 0.29) is 43.0 Å². The number of carbonyl (C=O) groups excluding carboxylic acids is 3. The number of rotatable bonds is 6. The zero-order chi connectivity index (χ0) is 19.6. The Bertz CT molecular complexity index is 916. The molecule has 5 nitrogen and oxygen atoms in total. The van der Waals surface area contributed by atoms with E-state index in [0.29, 0.717) is 23.1 Å². The topological polar surface area (TPSA) is 57.7 Å². The summed E-state index contributed by atoms with van der Waals surface area (Å²) in [7, 11) is 1.61. The Labute approximate surface area is 164 Å². The van der Waals surface area contributed by atoms with Crippen LogP contribution in [0.3, 0.4) is 0 Å². The Morgan fingerprint density at radius 2 is 1.81 bits per heavy atom. The highest BCUT2D eigenvalue weighted by Crippen LogP contribution is 2.26. The van der Waals surface area contributed by atoms with Gasteiger partial charge in [0.15, 0.2) is 0 Å². The van der Waals surface area contributed by atoms with Crippen molar-refractivity contribution >= 4 is 33.7 Å². The Morgan fingerprint density at radius 1 is 1.11 bits per heavy atom. The van der Waals surface area contributed by atoms with Crippen molar-refractivity contribution < 1.29 is 18.8 Å². The zero-order valence-corrected chi connectivity index (χ0v) is 16.3. The van der Waals surface area contributed by atoms with Crippen LogP contribution in [0.4, 0.5) is 4.39 Å². The van der Waals surface area contributed by atoms with Crippen LogP contribution in [0.5, 0.6) is 0 Å². The molecule has 0 radical (unpaired) electrons. The minimum absolute atomic E-state index is 0.169. The predicted octanol–water partition coefficient (Wildman–Crippen LogP) is 3.62. The molecule has 0 unspecified atom stereocenters. The first kappa shape index (κ1) is 19.2. The first-order valence-electron chi connectivity index (χ1n) is 8.51. The van der Waals surface area contributed by atoms with Crippen molar-refractivity contribution in [1.82, 2.24) is 9.80 Å². The fourth-order valence-corrected chi connectivity index (χ4v) is 3.38. The van der Waals surface area contributed by atoms with Gasteiger partial charge in [0.25, 0.3) is 11.8 Å². The molecule has 0 N–H and O–H groups in total. The molecular formula is C20H18BrFN2O3. The van der Waals surface area contributed by atoms with Crippen LogP contribution in [0.25, 0.3) is 0 Å². The quantitative estimate of drug-likeness (QED) is 0.654. The van der Waals surface area contributed by atoms with Crippen molar-refractivity contribution in [3.63, 3.8) is 0 Å². The third-order valence-electron chi connectivity index (χ3n) is 4.50. The summed E-state index contributed by atoms with van der Waals surface area (Å²) in [5.41, 5.74) is 1.20. The van der Waals surface area contributed by atoms with Crippen LogP contribution in [0.15, 0.2) is 46.9 Å². The molecule has 0 spiro atoms. The highest BCUT2D eigenvalue weighted by atomic mass is 79.9. The molecule has 7 heteroatoms. The van der Waals surface area contributed by atoms with Gasteiger partial charge in [-0.2, -0.15) is 0 Å². The number of imide groups is 1. The molecule has 0 bridgehead atoms. The first-order chi connectivity index (χ1) is 12.9. The lowest BCUT2D eigenvalue weighted by molar-refractivity contribution is -0.130. The van der Waals surface area contributed by atoms with Crippen molar-refractivity contribution in [3.05, 3.63) is 69.4 Å². The lowest BCUT2D eigenvalue weighted by Gasteiger charge is -2.19. The molecular weight excluding hydrogens is 415 g/mol. The van der Waals surface area contributed by atoms with E-state index in [1.807, 2.05) is 0 Å². The molecule has 2 aromatic carbocycles. The first-order valence-corrected chi connectivity index (χ1v) is 9.31. The van der Waals surface area contributed by atoms with Crippen molar-refractivity contribution in [2.45, 2.75) is 19.4 Å². The van der Waals surface area contributed by atoms with E-state index < -0.39 is 0 Å². The maximum atomic E-state index is 13.7. The summed E-state index contributed by atoms with van der Waals surface area (Å²) in [4.78, 5) is 39.6. The number of fused-ring (bicyclic) bond motifs is 1. The second-order valence-corrected chi connectivity index (χ2v) is 7.31. The molecule has 0 aliphatic carbocycles. The van der Waals surface area contributed by atoms with E-state index >= 15 is 0 Å². The average molecular weight is 433 g/mol. The minimum Gasteiger partial charge on any atom is -0.341 e. The number of nitrogens with zero attached hydrogens (tertiary/aromatic N) is 2. The van der Waals surface area contributed by atoms with E-state index in [9.17, 15) is 18.8 Å². The highest BCUT2D eigenvalue weighted by Gasteiger charge is 2.35. The summed E-state index contributed by atoms with van der Waals surface area (Å²) in [5, 5.41) is 0. The fourth-order valence-electron chi connectivity index (χ4n) is 3.02. The normalized spacial score (nSPS) is 13.1. The molecule has 140 valence electrons. The van der Waals surface area contributed by atoms with E-state index in [1.165, 1.54) is 15.9 Å². The van der Waals surface area contributed by atoms with Gasteiger partial charge < -0.3 is 4.90 Å². The van der Waals surface area contributed by atoms with Crippen LogP contribution < -0.4 is 0 Å². The summed E-state index contributed by atoms with van der Waals surface area (Å²) < 4.78 is 14.4. The number of benzene rings is 2. The second-order valence-electron chi connectivity index (χ2n) is 6.40. The van der Waals surface area contributed by atoms with E-state index in [0.717, 1.165) is 4.47 Å². The van der Waals surface area contributed by atoms with Crippen molar-refractivity contribution in [2.75, 3.05) is 13.6 Å². The predicted molar refractivity (Wildman–Crippen MR) is 102 cm³/mol. The summed E-state index contributed by atoms with van der Waals surface area (Å²) in [6.07, 6.45) is 0.523. The van der Waals surface area contributed by atoms with Crippen LogP contribution in [0, 0.1) is 5.82 Å². The molecule has 0 saturated carbocycles. The maximum Gasteiger partial charge on any atom is 0.261 e. The number of amides is 3. The number of halogens is 2. The van der Waals surface area contributed by atoms with Gasteiger partial charge in [-0.1, -0.05) is 34.1 Å². The van der Waals surface area contributed by atoms with Crippen LogP contribution >= 0.6 is 15.9 Å². The van der Waals surface area contributed by atoms with Gasteiger partial charge in [0.05, 0.1) is 11.1 Å². The van der Waals surface area contributed by atoms with Gasteiger partial charge in [0.1, 0.15) is 5.82 Å². The van der Waals surface area contributed by atoms with Crippen LogP contribution in [0.2, 0.25) is 0 Å². The van der Waals surface area contributed by atoms with Gasteiger partial charge >= 0.3 is 0 Å². The molecule has 1 aliphatic rings. The molecule has 0 aromatic heterocycles. The molecule has 1 aliphatic heterocycles. The van der Waals surface area contributed by atoms with Gasteiger partial charge in [-0.15, -0.1) is 0 Å². The highest BCUT2D eigenvalue weighted by molar-refractivity contribution is 9.10. The largest absolute Gasteiger partial charge is 0.341 e. The van der Waals surface area contributed by atoms with Gasteiger partial charge in [0.2, 0.25) is 5.91 Å². The molecule has 3 rings (SSSR count). The molecule has 0 saturated heterocycles. The third kappa shape index (κ3) is 4.08. The van der Waals surface area contributed by atoms with Gasteiger partial charge in [-0.05, 0) is 30.7 Å². The number of hydrogen-bond acceptors (Lipinski definition) is 3. The molecule has 0 fully saturated rings. The van der Waals surface area contributed by atoms with Gasteiger partial charge in [-0.3, -0.25) is 19.3 Å². The van der Waals surface area contributed by atoms with Crippen LogP contribution in [0.1, 0.15) is 39.1 Å². The Hall–Kier alpha value is -2.54. The van der Waals surface area contributed by atoms with Gasteiger partial charge in [0, 0.05) is 36.6 Å². The molecule has 1 heterocycles. The van der Waals surface area contributed by atoms with Crippen molar-refractivity contribution in [2.24, 2.45) is 0 Å². The lowest BCUT2D eigenvalue weighted by Crippen LogP contribution is -2.32. The summed E-state index contributed by atoms with van der Waals surface area (Å²) in [5.74, 6) is -1.20. The standard InChI is InChI=1S/C20H18BrFN2O3/c1-23(12-13-5-2-3-6-17(13)22)18(25)7-4-10-24-19(26)15-9-8-14(21)11-16(15)20(24)27/h2-3,5-6,8-9,11H,4,7,10,12H2,1H3. The van der Waals surface area contributed by atoms with E-state index in [2.05, 4.69) is 15.9 Å². The maximum absolute atomic E-state index is 13.7. The monoisotopic (exact) mass is 432 g/mol. The molecule has 0 atom stereocenters. The summed E-state index contributed by atoms with van der Waals surface area (Å²) in [6, 6.07) is 11.3. The Kier molecular flexibility index (Phi) is 5.70. The van der Waals surface area contributed by atoms with Crippen molar-refractivity contribution in [3.8, 4) is 0 Å². The third-order valence-corrected chi connectivity index (χ3v) is 4.99. The minimum atomic E-state index is -0.352. The lowest BCUT2D eigenvalue weighted by atomic mass is 10.1. The van der Waals surface area contributed by atoms with E-state index in [1.54, 1.807) is 43.4 Å². The average Bonchev–Trinajstić information content (AvgIpc) is 2.87. The van der Waals surface area contributed by atoms with Crippen LogP contribution in [-0.4, -0.2) is 41.1 Å². The number of carbonyl (C=O) groups is 3. The number of hydrogen-bond donors (Lipinski definition) is 0. The Balaban J connectivity index is 1.54. The molecule has 2 aromatic rings. The van der Waals surface area contributed by atoms with E-state index in [4.69, 9.17) is 0 Å².